The number of hydrogen-bond donors (Lipinski definition) is 2. The highest BCUT2D eigenvalue weighted by Gasteiger charge is 2.14. The molecule has 4 heteroatoms. The number of alkyl carbamates (subject to hydrolysis) is 1. The lowest BCUT2D eigenvalue weighted by molar-refractivity contribution is 0.138. The largest absolute Gasteiger partial charge is 0.449 e. The number of carbonyl (C=O) groups is 1. The van der Waals surface area contributed by atoms with E-state index in [2.05, 4.69) is 5.32 Å². The maximum atomic E-state index is 11.4. The van der Waals surface area contributed by atoms with Crippen LogP contribution in [-0.2, 0) is 17.8 Å². The summed E-state index contributed by atoms with van der Waals surface area (Å²) in [6, 6.07) is 7.58. The number of nitrogens with one attached hydrogen (secondary N) is 1. The Bertz CT molecular complexity index is 396. The molecule has 0 atom stereocenters. The van der Waals surface area contributed by atoms with Crippen LogP contribution in [0.5, 0.6) is 0 Å². The van der Waals surface area contributed by atoms with Gasteiger partial charge >= 0.3 is 6.09 Å². The van der Waals surface area contributed by atoms with Crippen LogP contribution in [0.2, 0.25) is 0 Å². The van der Waals surface area contributed by atoms with Crippen molar-refractivity contribution in [3.63, 3.8) is 0 Å². The van der Waals surface area contributed by atoms with Gasteiger partial charge in [0.1, 0.15) is 0 Å². The molecule has 0 spiro atoms. The number of ether oxygens (including phenoxy) is 1. The first-order valence-corrected chi connectivity index (χ1v) is 6.05. The molecule has 0 unspecified atom stereocenters. The molecule has 1 rings (SSSR count). The summed E-state index contributed by atoms with van der Waals surface area (Å²) in [4.78, 5) is 11.4. The Balaban J connectivity index is 2.40. The highest BCUT2D eigenvalue weighted by molar-refractivity contribution is 5.68. The van der Waals surface area contributed by atoms with Crippen LogP contribution < -0.4 is 5.32 Å². The molecule has 0 aliphatic heterocycles. The predicted octanol–water partition coefficient (Wildman–Crippen LogP) is 2.25. The van der Waals surface area contributed by atoms with E-state index in [0.29, 0.717) is 13.0 Å². The van der Waals surface area contributed by atoms with Crippen LogP contribution in [0.3, 0.4) is 0 Å². The molecule has 1 amide bonds. The number of aliphatic hydroxyl groups excluding tert-OH is 1. The SMILES string of the molecule is CC(C)(C)NC(=O)OCCc1ccccc1CO. The minimum atomic E-state index is -0.413. The first-order chi connectivity index (χ1) is 8.42. The molecule has 18 heavy (non-hydrogen) atoms. The van der Waals surface area contributed by atoms with E-state index in [1.165, 1.54) is 0 Å². The van der Waals surface area contributed by atoms with Gasteiger partial charge in [0.2, 0.25) is 0 Å². The van der Waals surface area contributed by atoms with E-state index in [1.54, 1.807) is 0 Å². The quantitative estimate of drug-likeness (QED) is 0.863. The van der Waals surface area contributed by atoms with Gasteiger partial charge in [-0.1, -0.05) is 24.3 Å². The van der Waals surface area contributed by atoms with Crippen LogP contribution in [0.25, 0.3) is 0 Å². The summed E-state index contributed by atoms with van der Waals surface area (Å²) in [7, 11) is 0. The second kappa shape index (κ2) is 6.40. The highest BCUT2D eigenvalue weighted by Crippen LogP contribution is 2.09. The Kier molecular flexibility index (Phi) is 5.16. The minimum Gasteiger partial charge on any atom is -0.449 e. The van der Waals surface area contributed by atoms with Crippen LogP contribution in [0.15, 0.2) is 24.3 Å². The van der Waals surface area contributed by atoms with E-state index in [4.69, 9.17) is 9.84 Å². The molecule has 0 heterocycles. The van der Waals surface area contributed by atoms with Gasteiger partial charge in [-0.05, 0) is 31.9 Å². The molecule has 0 aliphatic carbocycles. The lowest BCUT2D eigenvalue weighted by Crippen LogP contribution is -2.41. The molecule has 2 N–H and O–H groups in total. The summed E-state index contributed by atoms with van der Waals surface area (Å²) >= 11 is 0. The van der Waals surface area contributed by atoms with Gasteiger partial charge in [-0.15, -0.1) is 0 Å². The van der Waals surface area contributed by atoms with E-state index in [0.717, 1.165) is 11.1 Å². The van der Waals surface area contributed by atoms with Crippen LogP contribution in [-0.4, -0.2) is 23.3 Å². The van der Waals surface area contributed by atoms with Crippen molar-refractivity contribution in [2.24, 2.45) is 0 Å². The number of carbonyl (C=O) groups excluding carboxylic acids is 1. The number of aliphatic hydroxyl groups is 1. The second-order valence-corrected chi connectivity index (χ2v) is 5.19. The standard InChI is InChI=1S/C14H21NO3/c1-14(2,3)15-13(17)18-9-8-11-6-4-5-7-12(11)10-16/h4-7,16H,8-10H2,1-3H3,(H,15,17). The molecule has 0 saturated carbocycles. The third-order valence-corrected chi connectivity index (χ3v) is 2.37. The third-order valence-electron chi connectivity index (χ3n) is 2.37. The zero-order chi connectivity index (χ0) is 13.6. The van der Waals surface area contributed by atoms with E-state index < -0.39 is 6.09 Å². The summed E-state index contributed by atoms with van der Waals surface area (Å²) in [6.07, 6.45) is 0.192. The Hall–Kier alpha value is -1.55. The maximum absolute atomic E-state index is 11.4. The van der Waals surface area contributed by atoms with E-state index in [9.17, 15) is 4.79 Å². The Morgan fingerprint density at radius 3 is 2.44 bits per heavy atom. The number of benzene rings is 1. The number of hydrogen-bond acceptors (Lipinski definition) is 3. The highest BCUT2D eigenvalue weighted by atomic mass is 16.5. The molecule has 0 aromatic heterocycles. The Morgan fingerprint density at radius 1 is 1.28 bits per heavy atom. The second-order valence-electron chi connectivity index (χ2n) is 5.19. The van der Waals surface area contributed by atoms with Gasteiger partial charge in [-0.2, -0.15) is 0 Å². The molecule has 0 saturated heterocycles. The van der Waals surface area contributed by atoms with Crippen LogP contribution in [0.1, 0.15) is 31.9 Å². The first kappa shape index (κ1) is 14.5. The van der Waals surface area contributed by atoms with E-state index in [-0.39, 0.29) is 12.1 Å². The fourth-order valence-corrected chi connectivity index (χ4v) is 1.55. The van der Waals surface area contributed by atoms with Crippen molar-refractivity contribution < 1.29 is 14.6 Å². The molecule has 1 aromatic carbocycles. The minimum absolute atomic E-state index is 0.00433. The van der Waals surface area contributed by atoms with Crippen molar-refractivity contribution in [2.75, 3.05) is 6.61 Å². The van der Waals surface area contributed by atoms with Crippen molar-refractivity contribution in [1.29, 1.82) is 0 Å². The van der Waals surface area contributed by atoms with Crippen LogP contribution in [0.4, 0.5) is 4.79 Å². The molecule has 1 aromatic rings. The van der Waals surface area contributed by atoms with E-state index >= 15 is 0 Å². The normalized spacial score (nSPS) is 11.1. The summed E-state index contributed by atoms with van der Waals surface area (Å²) < 4.78 is 5.09. The maximum Gasteiger partial charge on any atom is 0.407 e. The Morgan fingerprint density at radius 2 is 1.89 bits per heavy atom. The van der Waals surface area contributed by atoms with Gasteiger partial charge in [-0.25, -0.2) is 4.79 Å². The fourth-order valence-electron chi connectivity index (χ4n) is 1.55. The average molecular weight is 251 g/mol. The van der Waals surface area contributed by atoms with Gasteiger partial charge in [0.15, 0.2) is 0 Å². The van der Waals surface area contributed by atoms with Crippen molar-refractivity contribution in [2.45, 2.75) is 39.3 Å². The van der Waals surface area contributed by atoms with Crippen LogP contribution in [0, 0.1) is 0 Å². The van der Waals surface area contributed by atoms with Crippen molar-refractivity contribution in [1.82, 2.24) is 5.32 Å². The lowest BCUT2D eigenvalue weighted by Gasteiger charge is -2.20. The smallest absolute Gasteiger partial charge is 0.407 e. The molecule has 0 aliphatic rings. The topological polar surface area (TPSA) is 58.6 Å². The molecule has 100 valence electrons. The molecular formula is C14H21NO3. The summed E-state index contributed by atoms with van der Waals surface area (Å²) in [6.45, 7) is 6.00. The van der Waals surface area contributed by atoms with Crippen molar-refractivity contribution in [3.8, 4) is 0 Å². The van der Waals surface area contributed by atoms with Gasteiger partial charge < -0.3 is 15.2 Å². The number of amides is 1. The van der Waals surface area contributed by atoms with Gasteiger partial charge in [-0.3, -0.25) is 0 Å². The molecule has 0 bridgehead atoms. The molecule has 0 fully saturated rings. The predicted molar refractivity (Wildman–Crippen MR) is 70.3 cm³/mol. The molecule has 0 radical (unpaired) electrons. The third kappa shape index (κ3) is 5.19. The molecular weight excluding hydrogens is 230 g/mol. The monoisotopic (exact) mass is 251 g/mol. The first-order valence-electron chi connectivity index (χ1n) is 6.05. The Labute approximate surface area is 108 Å². The zero-order valence-electron chi connectivity index (χ0n) is 11.2. The van der Waals surface area contributed by atoms with Crippen LogP contribution >= 0.6 is 0 Å². The molecule has 4 nitrogen and oxygen atoms in total. The van der Waals surface area contributed by atoms with Crippen molar-refractivity contribution >= 4 is 6.09 Å². The summed E-state index contributed by atoms with van der Waals surface area (Å²) in [5.41, 5.74) is 1.58. The summed E-state index contributed by atoms with van der Waals surface area (Å²) in [5, 5.41) is 11.9. The van der Waals surface area contributed by atoms with Gasteiger partial charge in [0, 0.05) is 12.0 Å². The van der Waals surface area contributed by atoms with Gasteiger partial charge in [0.05, 0.1) is 13.2 Å². The average Bonchev–Trinajstić information content (AvgIpc) is 2.27. The zero-order valence-corrected chi connectivity index (χ0v) is 11.2. The van der Waals surface area contributed by atoms with Gasteiger partial charge in [0.25, 0.3) is 0 Å². The number of rotatable bonds is 4. The van der Waals surface area contributed by atoms with E-state index in [1.807, 2.05) is 45.0 Å². The summed E-state index contributed by atoms with van der Waals surface area (Å²) in [5.74, 6) is 0. The van der Waals surface area contributed by atoms with Crippen molar-refractivity contribution in [3.05, 3.63) is 35.4 Å². The fraction of sp³-hybridized carbons (Fsp3) is 0.500. The lowest BCUT2D eigenvalue weighted by atomic mass is 10.1.